The van der Waals surface area contributed by atoms with Crippen LogP contribution in [0.1, 0.15) is 17.8 Å². The summed E-state index contributed by atoms with van der Waals surface area (Å²) in [7, 11) is -3.02. The van der Waals surface area contributed by atoms with Gasteiger partial charge in [0, 0.05) is 36.3 Å². The van der Waals surface area contributed by atoms with Crippen molar-refractivity contribution in [3.05, 3.63) is 40.5 Å². The van der Waals surface area contributed by atoms with Gasteiger partial charge in [-0.05, 0) is 37.1 Å². The lowest BCUT2D eigenvalue weighted by molar-refractivity contribution is 0.365. The van der Waals surface area contributed by atoms with Crippen molar-refractivity contribution in [1.82, 2.24) is 15.6 Å². The lowest BCUT2D eigenvalue weighted by atomic mass is 10.1. The molecule has 0 amide bonds. The molecule has 130 valence electrons. The van der Waals surface area contributed by atoms with Gasteiger partial charge in [0.05, 0.1) is 5.69 Å². The van der Waals surface area contributed by atoms with Gasteiger partial charge in [0.25, 0.3) is 0 Å². The molecule has 0 saturated carbocycles. The maximum absolute atomic E-state index is 13.0. The number of nitrogens with one attached hydrogen (secondary N) is 2. The molecule has 24 heavy (non-hydrogen) atoms. The van der Waals surface area contributed by atoms with Gasteiger partial charge in [0.2, 0.25) is 0 Å². The number of hydrogen-bond acceptors (Lipinski definition) is 6. The van der Waals surface area contributed by atoms with E-state index < -0.39 is 15.2 Å². The van der Waals surface area contributed by atoms with Crippen molar-refractivity contribution in [3.63, 3.8) is 0 Å². The van der Waals surface area contributed by atoms with Gasteiger partial charge < -0.3 is 5.32 Å². The minimum Gasteiger partial charge on any atom is -0.306 e. The second kappa shape index (κ2) is 7.26. The van der Waals surface area contributed by atoms with E-state index in [2.05, 4.69) is 15.6 Å². The number of hydrogen-bond donors (Lipinski definition) is 2. The maximum Gasteiger partial charge on any atom is 0.163 e. The molecule has 1 aromatic carbocycles. The summed E-state index contributed by atoms with van der Waals surface area (Å²) in [6.07, 6.45) is 2.71. The predicted molar refractivity (Wildman–Crippen MR) is 94.0 cm³/mol. The van der Waals surface area contributed by atoms with Crippen LogP contribution in [0.5, 0.6) is 0 Å². The third-order valence-electron chi connectivity index (χ3n) is 4.12. The molecule has 0 spiro atoms. The standard InChI is InChI=1S/C16H20FN3O2S2/c1-24(21,22)16-7-6-13(8-19-16)18-9-15-20-14(10-23-15)11-2-4-12(17)5-3-11/h2-5,10,13,16,18-19H,6-9H2,1H3. The summed E-state index contributed by atoms with van der Waals surface area (Å²) >= 11 is 1.56. The van der Waals surface area contributed by atoms with Crippen LogP contribution in [0.25, 0.3) is 11.3 Å². The summed E-state index contributed by atoms with van der Waals surface area (Å²) in [6.45, 7) is 1.27. The molecule has 3 rings (SSSR count). The van der Waals surface area contributed by atoms with Crippen molar-refractivity contribution in [2.45, 2.75) is 30.8 Å². The highest BCUT2D eigenvalue weighted by Gasteiger charge is 2.26. The van der Waals surface area contributed by atoms with E-state index in [-0.39, 0.29) is 11.9 Å². The van der Waals surface area contributed by atoms with Crippen LogP contribution in [-0.2, 0) is 16.4 Å². The molecule has 1 aromatic heterocycles. The molecular formula is C16H20FN3O2S2. The van der Waals surface area contributed by atoms with E-state index in [4.69, 9.17) is 0 Å². The topological polar surface area (TPSA) is 71.1 Å². The van der Waals surface area contributed by atoms with Crippen molar-refractivity contribution in [1.29, 1.82) is 0 Å². The Morgan fingerprint density at radius 3 is 2.71 bits per heavy atom. The maximum atomic E-state index is 13.0. The van der Waals surface area contributed by atoms with E-state index >= 15 is 0 Å². The highest BCUT2D eigenvalue weighted by Crippen LogP contribution is 2.22. The fraction of sp³-hybridized carbons (Fsp3) is 0.438. The molecule has 1 aliphatic heterocycles. The average molecular weight is 369 g/mol. The first-order valence-corrected chi connectivity index (χ1v) is 10.6. The number of sulfone groups is 1. The van der Waals surface area contributed by atoms with E-state index in [0.29, 0.717) is 19.5 Å². The Labute approximate surface area is 145 Å². The van der Waals surface area contributed by atoms with E-state index in [0.717, 1.165) is 22.7 Å². The molecule has 8 heteroatoms. The number of piperidine rings is 1. The number of aromatic nitrogens is 1. The molecule has 2 unspecified atom stereocenters. The Bertz CT molecular complexity index is 782. The van der Waals surface area contributed by atoms with Gasteiger partial charge in [-0.2, -0.15) is 0 Å². The molecule has 5 nitrogen and oxygen atoms in total. The van der Waals surface area contributed by atoms with Gasteiger partial charge in [-0.25, -0.2) is 17.8 Å². The van der Waals surface area contributed by atoms with Crippen molar-refractivity contribution < 1.29 is 12.8 Å². The summed E-state index contributed by atoms with van der Waals surface area (Å²) in [5, 5.41) is 8.98. The molecule has 1 aliphatic rings. The van der Waals surface area contributed by atoms with Crippen molar-refractivity contribution in [3.8, 4) is 11.3 Å². The monoisotopic (exact) mass is 369 g/mol. The van der Waals surface area contributed by atoms with Crippen LogP contribution in [0.3, 0.4) is 0 Å². The molecule has 0 aliphatic carbocycles. The van der Waals surface area contributed by atoms with Crippen LogP contribution >= 0.6 is 11.3 Å². The predicted octanol–water partition coefficient (Wildman–Crippen LogP) is 2.16. The minimum absolute atomic E-state index is 0.237. The van der Waals surface area contributed by atoms with Crippen LogP contribution < -0.4 is 10.6 Å². The SMILES string of the molecule is CS(=O)(=O)C1CCC(NCc2nc(-c3ccc(F)cc3)cs2)CN1. The van der Waals surface area contributed by atoms with Gasteiger partial charge in [-0.3, -0.25) is 5.32 Å². The van der Waals surface area contributed by atoms with E-state index in [1.807, 2.05) is 5.38 Å². The zero-order chi connectivity index (χ0) is 17.2. The van der Waals surface area contributed by atoms with Crippen LogP contribution in [0, 0.1) is 5.82 Å². The third kappa shape index (κ3) is 4.38. The van der Waals surface area contributed by atoms with Crippen molar-refractivity contribution in [2.75, 3.05) is 12.8 Å². The van der Waals surface area contributed by atoms with Crippen LogP contribution in [-0.4, -0.2) is 37.6 Å². The average Bonchev–Trinajstić information content (AvgIpc) is 3.02. The number of halogens is 1. The molecule has 1 saturated heterocycles. The first-order chi connectivity index (χ1) is 11.4. The summed E-state index contributed by atoms with van der Waals surface area (Å²) < 4.78 is 36.0. The highest BCUT2D eigenvalue weighted by molar-refractivity contribution is 7.91. The fourth-order valence-electron chi connectivity index (χ4n) is 2.75. The number of thiazole rings is 1. The normalized spacial score (nSPS) is 21.8. The molecule has 2 heterocycles. The first-order valence-electron chi connectivity index (χ1n) is 7.78. The number of benzene rings is 1. The van der Waals surface area contributed by atoms with E-state index in [9.17, 15) is 12.8 Å². The summed E-state index contributed by atoms with van der Waals surface area (Å²) in [5.74, 6) is -0.256. The van der Waals surface area contributed by atoms with Crippen LogP contribution in [0.15, 0.2) is 29.6 Å². The molecular weight excluding hydrogens is 349 g/mol. The Morgan fingerprint density at radius 1 is 1.33 bits per heavy atom. The summed E-state index contributed by atoms with van der Waals surface area (Å²) in [6, 6.07) is 6.54. The Kier molecular flexibility index (Phi) is 5.29. The van der Waals surface area contributed by atoms with Crippen molar-refractivity contribution >= 4 is 21.2 Å². The summed E-state index contributed by atoms with van der Waals surface area (Å²) in [5.41, 5.74) is 1.74. The third-order valence-corrected chi connectivity index (χ3v) is 6.40. The number of rotatable bonds is 5. The Hall–Kier alpha value is -1.35. The van der Waals surface area contributed by atoms with Gasteiger partial charge >= 0.3 is 0 Å². The largest absolute Gasteiger partial charge is 0.306 e. The van der Waals surface area contributed by atoms with Gasteiger partial charge in [0.1, 0.15) is 16.2 Å². The minimum atomic E-state index is -3.02. The zero-order valence-corrected chi connectivity index (χ0v) is 15.0. The highest BCUT2D eigenvalue weighted by atomic mass is 32.2. The molecule has 0 radical (unpaired) electrons. The van der Waals surface area contributed by atoms with E-state index in [1.165, 1.54) is 18.4 Å². The Balaban J connectivity index is 1.52. The molecule has 2 atom stereocenters. The van der Waals surface area contributed by atoms with Gasteiger partial charge in [-0.15, -0.1) is 11.3 Å². The van der Waals surface area contributed by atoms with Gasteiger partial charge in [-0.1, -0.05) is 0 Å². The van der Waals surface area contributed by atoms with Gasteiger partial charge in [0.15, 0.2) is 9.84 Å². The summed E-state index contributed by atoms with van der Waals surface area (Å²) in [4.78, 5) is 4.57. The van der Waals surface area contributed by atoms with Crippen LogP contribution in [0.2, 0.25) is 0 Å². The quantitative estimate of drug-likeness (QED) is 0.845. The van der Waals surface area contributed by atoms with E-state index in [1.54, 1.807) is 23.5 Å². The Morgan fingerprint density at radius 2 is 2.08 bits per heavy atom. The number of nitrogens with zero attached hydrogens (tertiary/aromatic N) is 1. The molecule has 2 N–H and O–H groups in total. The lowest BCUT2D eigenvalue weighted by Gasteiger charge is -2.29. The lowest BCUT2D eigenvalue weighted by Crippen LogP contribution is -2.50. The smallest absolute Gasteiger partial charge is 0.163 e. The molecule has 2 aromatic rings. The van der Waals surface area contributed by atoms with Crippen LogP contribution in [0.4, 0.5) is 4.39 Å². The first kappa shape index (κ1) is 17.5. The fourth-order valence-corrected chi connectivity index (χ4v) is 4.46. The molecule has 0 bridgehead atoms. The second-order valence-electron chi connectivity index (χ2n) is 6.01. The zero-order valence-electron chi connectivity index (χ0n) is 13.3. The van der Waals surface area contributed by atoms with Crippen molar-refractivity contribution in [2.24, 2.45) is 0 Å². The second-order valence-corrected chi connectivity index (χ2v) is 9.19. The molecule has 1 fully saturated rings.